The van der Waals surface area contributed by atoms with Crippen molar-refractivity contribution < 1.29 is 24.6 Å². The molecule has 0 saturated heterocycles. The second-order valence-corrected chi connectivity index (χ2v) is 4.18. The number of carbonyl (C=O) groups excluding carboxylic acids is 2. The molecule has 0 heterocycles. The Balaban J connectivity index is 2.77. The number of carboxylic acids is 1. The first kappa shape index (κ1) is 16.4. The number of nitrogens with two attached hydrogens (primary N) is 1. The summed E-state index contributed by atoms with van der Waals surface area (Å²) in [7, 11) is 0. The van der Waals surface area contributed by atoms with Gasteiger partial charge in [0.25, 0.3) is 0 Å². The lowest BCUT2D eigenvalue weighted by molar-refractivity contribution is -0.117. The fraction of sp³-hybridized carbons (Fsp3) is 0.308. The molecule has 0 aliphatic rings. The number of aliphatic hydroxyl groups excluding tert-OH is 1. The van der Waals surface area contributed by atoms with E-state index in [1.807, 2.05) is 0 Å². The number of hydrogen-bond acceptors (Lipinski definition) is 4. The highest BCUT2D eigenvalue weighted by molar-refractivity contribution is 5.93. The number of carboxylic acid groups (broad SMARTS) is 1. The molecule has 0 unspecified atom stereocenters. The molecule has 0 aliphatic carbocycles. The number of carbonyl (C=O) groups is 3. The lowest BCUT2D eigenvalue weighted by atomic mass is 10.2. The largest absolute Gasteiger partial charge is 0.478 e. The Morgan fingerprint density at radius 2 is 1.81 bits per heavy atom. The lowest BCUT2D eigenvalue weighted by Gasteiger charge is -2.22. The lowest BCUT2D eigenvalue weighted by Crippen LogP contribution is -2.42. The third-order valence-corrected chi connectivity index (χ3v) is 2.64. The van der Waals surface area contributed by atoms with E-state index in [4.69, 9.17) is 15.9 Å². The van der Waals surface area contributed by atoms with Crippen LogP contribution in [0, 0.1) is 0 Å². The molecule has 8 heteroatoms. The van der Waals surface area contributed by atoms with Gasteiger partial charge in [0, 0.05) is 18.7 Å². The monoisotopic (exact) mass is 295 g/mol. The number of rotatable bonds is 7. The zero-order chi connectivity index (χ0) is 15.8. The number of nitrogens with one attached hydrogen (secondary N) is 1. The third kappa shape index (κ3) is 5.11. The fourth-order valence-corrected chi connectivity index (χ4v) is 1.62. The number of aromatic carboxylic acids is 1. The van der Waals surface area contributed by atoms with Crippen LogP contribution in [0.2, 0.25) is 0 Å². The summed E-state index contributed by atoms with van der Waals surface area (Å²) in [6, 6.07) is 5.14. The Kier molecular flexibility index (Phi) is 6.15. The smallest absolute Gasteiger partial charge is 0.335 e. The zero-order valence-electron chi connectivity index (χ0n) is 11.3. The summed E-state index contributed by atoms with van der Waals surface area (Å²) in [5, 5.41) is 20.3. The minimum atomic E-state index is -1.07. The van der Waals surface area contributed by atoms with Gasteiger partial charge in [0.1, 0.15) is 0 Å². The number of amides is 3. The van der Waals surface area contributed by atoms with Crippen LogP contribution in [0.1, 0.15) is 16.8 Å². The second-order valence-electron chi connectivity index (χ2n) is 4.18. The maximum Gasteiger partial charge on any atom is 0.335 e. The number of aliphatic hydroxyl groups is 1. The quantitative estimate of drug-likeness (QED) is 0.551. The van der Waals surface area contributed by atoms with E-state index >= 15 is 0 Å². The van der Waals surface area contributed by atoms with Crippen LogP contribution in [0.15, 0.2) is 24.3 Å². The number of primary amides is 1. The van der Waals surface area contributed by atoms with Crippen molar-refractivity contribution in [1.29, 1.82) is 0 Å². The number of anilines is 1. The molecule has 0 bridgehead atoms. The molecule has 1 rings (SSSR count). The summed E-state index contributed by atoms with van der Waals surface area (Å²) in [5.41, 5.74) is 5.50. The van der Waals surface area contributed by atoms with Crippen molar-refractivity contribution in [2.45, 2.75) is 6.42 Å². The van der Waals surface area contributed by atoms with E-state index in [1.165, 1.54) is 29.2 Å². The maximum atomic E-state index is 12.0. The third-order valence-electron chi connectivity index (χ3n) is 2.64. The van der Waals surface area contributed by atoms with E-state index in [9.17, 15) is 14.4 Å². The Morgan fingerprint density at radius 1 is 1.19 bits per heavy atom. The molecule has 0 aromatic heterocycles. The first-order chi connectivity index (χ1) is 9.95. The van der Waals surface area contributed by atoms with Gasteiger partial charge in [-0.05, 0) is 24.3 Å². The molecule has 1 aromatic carbocycles. The van der Waals surface area contributed by atoms with Crippen LogP contribution in [0.3, 0.4) is 0 Å². The van der Waals surface area contributed by atoms with E-state index in [-0.39, 0.29) is 31.7 Å². The molecule has 0 saturated carbocycles. The van der Waals surface area contributed by atoms with E-state index in [0.29, 0.717) is 5.69 Å². The van der Waals surface area contributed by atoms with Gasteiger partial charge in [-0.25, -0.2) is 9.59 Å². The summed E-state index contributed by atoms with van der Waals surface area (Å²) in [6.07, 6.45) is 0.0106. The van der Waals surface area contributed by atoms with Gasteiger partial charge in [-0.15, -0.1) is 0 Å². The van der Waals surface area contributed by atoms with E-state index in [0.717, 1.165) is 0 Å². The predicted octanol–water partition coefficient (Wildman–Crippen LogP) is -0.232. The summed E-state index contributed by atoms with van der Waals surface area (Å²) in [6.45, 7) is -0.137. The Morgan fingerprint density at radius 3 is 2.29 bits per heavy atom. The van der Waals surface area contributed by atoms with E-state index < -0.39 is 17.9 Å². The van der Waals surface area contributed by atoms with Gasteiger partial charge in [-0.2, -0.15) is 0 Å². The number of urea groups is 1. The molecule has 1 aromatic rings. The zero-order valence-corrected chi connectivity index (χ0v) is 11.3. The fourth-order valence-electron chi connectivity index (χ4n) is 1.62. The van der Waals surface area contributed by atoms with Crippen molar-refractivity contribution in [3.8, 4) is 0 Å². The standard InChI is InChI=1S/C13H17N3O5/c14-11(18)5-6-15-13(21)16(7-8-17)10-3-1-9(2-4-10)12(19)20/h1-4,17H,5-8H2,(H2,14,18)(H,15,21)(H,19,20). The van der Waals surface area contributed by atoms with Crippen molar-refractivity contribution in [3.63, 3.8) is 0 Å². The Bertz CT molecular complexity index is 515. The summed E-state index contributed by atoms with van der Waals surface area (Å²) < 4.78 is 0. The van der Waals surface area contributed by atoms with Gasteiger partial charge in [0.05, 0.1) is 18.7 Å². The first-order valence-corrected chi connectivity index (χ1v) is 6.23. The van der Waals surface area contributed by atoms with Gasteiger partial charge in [-0.3, -0.25) is 9.69 Å². The average Bonchev–Trinajstić information content (AvgIpc) is 2.44. The predicted molar refractivity (Wildman–Crippen MR) is 75.0 cm³/mol. The van der Waals surface area contributed by atoms with E-state index in [1.54, 1.807) is 0 Å². The molecule has 0 fully saturated rings. The van der Waals surface area contributed by atoms with Gasteiger partial charge in [-0.1, -0.05) is 0 Å². The highest BCUT2D eigenvalue weighted by atomic mass is 16.4. The van der Waals surface area contributed by atoms with Gasteiger partial charge in [0.2, 0.25) is 5.91 Å². The molecule has 114 valence electrons. The summed E-state index contributed by atoms with van der Waals surface area (Å²) >= 11 is 0. The average molecular weight is 295 g/mol. The van der Waals surface area contributed by atoms with Crippen LogP contribution in [-0.2, 0) is 4.79 Å². The number of benzene rings is 1. The van der Waals surface area contributed by atoms with Crippen molar-refractivity contribution in [3.05, 3.63) is 29.8 Å². The minimum Gasteiger partial charge on any atom is -0.478 e. The highest BCUT2D eigenvalue weighted by Gasteiger charge is 2.15. The van der Waals surface area contributed by atoms with Gasteiger partial charge in [0.15, 0.2) is 0 Å². The molecule has 3 amide bonds. The molecule has 0 aliphatic heterocycles. The van der Waals surface area contributed by atoms with Crippen LogP contribution in [0.25, 0.3) is 0 Å². The normalized spacial score (nSPS) is 9.95. The van der Waals surface area contributed by atoms with E-state index in [2.05, 4.69) is 5.32 Å². The van der Waals surface area contributed by atoms with Crippen molar-refractivity contribution in [1.82, 2.24) is 5.32 Å². The molecule has 5 N–H and O–H groups in total. The molecule has 0 radical (unpaired) electrons. The second kappa shape index (κ2) is 7.85. The van der Waals surface area contributed by atoms with Crippen LogP contribution < -0.4 is 16.0 Å². The molecular formula is C13H17N3O5. The SMILES string of the molecule is NC(=O)CCNC(=O)N(CCO)c1ccc(C(=O)O)cc1. The Hall–Kier alpha value is -2.61. The molecule has 21 heavy (non-hydrogen) atoms. The number of hydrogen-bond donors (Lipinski definition) is 4. The molecule has 0 spiro atoms. The van der Waals surface area contributed by atoms with Crippen LogP contribution >= 0.6 is 0 Å². The van der Waals surface area contributed by atoms with Crippen molar-refractivity contribution in [2.24, 2.45) is 5.73 Å². The van der Waals surface area contributed by atoms with Gasteiger partial charge >= 0.3 is 12.0 Å². The molecule has 0 atom stereocenters. The van der Waals surface area contributed by atoms with Crippen molar-refractivity contribution >= 4 is 23.6 Å². The summed E-state index contributed by atoms with van der Waals surface area (Å²) in [4.78, 5) is 34.6. The van der Waals surface area contributed by atoms with Gasteiger partial charge < -0.3 is 21.3 Å². The molecule has 8 nitrogen and oxygen atoms in total. The van der Waals surface area contributed by atoms with Crippen LogP contribution in [0.5, 0.6) is 0 Å². The number of nitrogens with zero attached hydrogens (tertiary/aromatic N) is 1. The highest BCUT2D eigenvalue weighted by Crippen LogP contribution is 2.15. The van der Waals surface area contributed by atoms with Crippen LogP contribution in [-0.4, -0.2) is 47.8 Å². The maximum absolute atomic E-state index is 12.0. The first-order valence-electron chi connectivity index (χ1n) is 6.23. The van der Waals surface area contributed by atoms with Crippen LogP contribution in [0.4, 0.5) is 10.5 Å². The van der Waals surface area contributed by atoms with Crippen molar-refractivity contribution in [2.75, 3.05) is 24.6 Å². The molecular weight excluding hydrogens is 278 g/mol. The summed E-state index contributed by atoms with van der Waals surface area (Å²) in [5.74, 6) is -1.60. The Labute approximate surface area is 121 Å². The topological polar surface area (TPSA) is 133 Å². The minimum absolute atomic E-state index is 0.0106.